The van der Waals surface area contributed by atoms with Crippen LogP contribution >= 0.6 is 0 Å². The topological polar surface area (TPSA) is 52.7 Å². The summed E-state index contributed by atoms with van der Waals surface area (Å²) in [6, 6.07) is 0. The summed E-state index contributed by atoms with van der Waals surface area (Å²) in [6.07, 6.45) is 7.71. The Morgan fingerprint density at radius 3 is 2.43 bits per heavy atom. The van der Waals surface area contributed by atoms with E-state index in [0.717, 1.165) is 25.9 Å². The van der Waals surface area contributed by atoms with Crippen molar-refractivity contribution in [1.29, 1.82) is 0 Å². The zero-order valence-electron chi connectivity index (χ0n) is 27.3. The molecule has 1 spiro atoms. The fourth-order valence-electron chi connectivity index (χ4n) is 7.10. The van der Waals surface area contributed by atoms with Crippen molar-refractivity contribution in [2.45, 2.75) is 71.6 Å². The number of rotatable bonds is 9. The minimum absolute atomic E-state index is 0.00711. The van der Waals surface area contributed by atoms with Crippen LogP contribution in [0.25, 0.3) is 0 Å². The van der Waals surface area contributed by atoms with Crippen LogP contribution in [0.3, 0.4) is 0 Å². The Hall–Kier alpha value is -3.34. The minimum Gasteiger partial charge on any atom is -0.352 e. The second-order valence-electron chi connectivity index (χ2n) is 13.0. The average Bonchev–Trinajstić information content (AvgIpc) is 3.16. The SMILES string of the molecule is C/C=C\C=C/C1=C(C)C2(C=C1)CCN(CCC(C(=O)NCC1=CC(C(F)(F)F)=CCC(C(F)(F)F)=C1)C1CCCN(C(C)=O)C1)CC2. The van der Waals surface area contributed by atoms with E-state index in [2.05, 4.69) is 35.4 Å². The molecule has 258 valence electrons. The molecule has 2 amide bonds. The van der Waals surface area contributed by atoms with Crippen LogP contribution in [0.5, 0.6) is 0 Å². The standard InChI is InChI=1S/C36H45F6N3O2/c1-4-5-6-8-28-12-14-34(25(28)2)15-19-44(20-16-34)18-13-32(29-9-7-17-45(24-29)26(3)46)33(47)43-23-27-21-30(35(37,38)39)10-11-31(22-27)36(40,41)42/h4-6,8,10,12,14,21-22,29,32H,7,9,11,13,15-20,23-24H2,1-3H3,(H,43,47)/b5-4-,8-6-. The Bertz CT molecular complexity index is 1390. The van der Waals surface area contributed by atoms with E-state index in [1.807, 2.05) is 25.2 Å². The van der Waals surface area contributed by atoms with Crippen LogP contribution in [-0.4, -0.2) is 73.2 Å². The first-order chi connectivity index (χ1) is 22.1. The zero-order valence-corrected chi connectivity index (χ0v) is 27.3. The first kappa shape index (κ1) is 36.5. The smallest absolute Gasteiger partial charge is 0.352 e. The summed E-state index contributed by atoms with van der Waals surface area (Å²) in [4.78, 5) is 29.9. The molecular formula is C36H45F6N3O2. The predicted molar refractivity (Wildman–Crippen MR) is 171 cm³/mol. The van der Waals surface area contributed by atoms with Gasteiger partial charge in [0.1, 0.15) is 0 Å². The summed E-state index contributed by atoms with van der Waals surface area (Å²) in [6.45, 7) is 8.41. The molecular weight excluding hydrogens is 620 g/mol. The largest absolute Gasteiger partial charge is 0.416 e. The highest BCUT2D eigenvalue weighted by atomic mass is 19.4. The second kappa shape index (κ2) is 15.3. The number of halogens is 6. The number of nitrogens with one attached hydrogen (secondary N) is 1. The quantitative estimate of drug-likeness (QED) is 0.202. The lowest BCUT2D eigenvalue weighted by molar-refractivity contribution is -0.134. The van der Waals surface area contributed by atoms with Gasteiger partial charge in [0, 0.05) is 43.5 Å². The molecule has 2 aliphatic carbocycles. The summed E-state index contributed by atoms with van der Waals surface area (Å²) in [5.41, 5.74) is 0.0232. The highest BCUT2D eigenvalue weighted by Crippen LogP contribution is 2.46. The van der Waals surface area contributed by atoms with E-state index in [1.54, 1.807) is 4.90 Å². The second-order valence-corrected chi connectivity index (χ2v) is 13.0. The Labute approximate surface area is 273 Å². The van der Waals surface area contributed by atoms with Crippen molar-refractivity contribution in [1.82, 2.24) is 15.1 Å². The van der Waals surface area contributed by atoms with Crippen molar-refractivity contribution < 1.29 is 35.9 Å². The maximum atomic E-state index is 13.7. The molecule has 0 aromatic heterocycles. The van der Waals surface area contributed by atoms with Crippen molar-refractivity contribution in [3.05, 3.63) is 82.5 Å². The number of hydrogen-bond donors (Lipinski definition) is 1. The summed E-state index contributed by atoms with van der Waals surface area (Å²) in [5, 5.41) is 2.66. The molecule has 2 aliphatic heterocycles. The molecule has 0 bridgehead atoms. The van der Waals surface area contributed by atoms with Gasteiger partial charge >= 0.3 is 12.4 Å². The fourth-order valence-corrected chi connectivity index (χ4v) is 7.10. The van der Waals surface area contributed by atoms with Crippen LogP contribution in [0.4, 0.5) is 26.3 Å². The Kier molecular flexibility index (Phi) is 11.8. The molecule has 0 aromatic rings. The molecule has 2 fully saturated rings. The summed E-state index contributed by atoms with van der Waals surface area (Å²) in [5.74, 6) is -1.25. The van der Waals surface area contributed by atoms with Crippen LogP contribution in [0.15, 0.2) is 82.5 Å². The Morgan fingerprint density at radius 2 is 1.79 bits per heavy atom. The summed E-state index contributed by atoms with van der Waals surface area (Å²) < 4.78 is 81.1. The molecule has 2 atom stereocenters. The van der Waals surface area contributed by atoms with E-state index in [-0.39, 0.29) is 22.8 Å². The zero-order chi connectivity index (χ0) is 34.4. The van der Waals surface area contributed by atoms with Gasteiger partial charge in [-0.1, -0.05) is 48.1 Å². The van der Waals surface area contributed by atoms with Gasteiger partial charge < -0.3 is 15.1 Å². The molecule has 11 heteroatoms. The molecule has 1 N–H and O–H groups in total. The number of likely N-dealkylation sites (tertiary alicyclic amines) is 2. The molecule has 0 saturated carbocycles. The van der Waals surface area contributed by atoms with E-state index in [4.69, 9.17) is 0 Å². The van der Waals surface area contributed by atoms with Crippen molar-refractivity contribution in [3.8, 4) is 0 Å². The van der Waals surface area contributed by atoms with Gasteiger partial charge in [-0.2, -0.15) is 26.3 Å². The summed E-state index contributed by atoms with van der Waals surface area (Å²) >= 11 is 0. The molecule has 4 rings (SSSR count). The fraction of sp³-hybridized carbons (Fsp3) is 0.556. The first-order valence-electron chi connectivity index (χ1n) is 16.3. The van der Waals surface area contributed by atoms with Gasteiger partial charge in [0.15, 0.2) is 0 Å². The predicted octanol–water partition coefficient (Wildman–Crippen LogP) is 7.78. The lowest BCUT2D eigenvalue weighted by Crippen LogP contribution is -2.47. The molecule has 0 radical (unpaired) electrons. The number of hydrogen-bond acceptors (Lipinski definition) is 3. The maximum Gasteiger partial charge on any atom is 0.416 e. The van der Waals surface area contributed by atoms with Gasteiger partial charge in [0.05, 0.1) is 5.57 Å². The number of carbonyl (C=O) groups excluding carboxylic acids is 2. The molecule has 5 nitrogen and oxygen atoms in total. The van der Waals surface area contributed by atoms with Crippen molar-refractivity contribution in [3.63, 3.8) is 0 Å². The van der Waals surface area contributed by atoms with Crippen molar-refractivity contribution >= 4 is 11.8 Å². The van der Waals surface area contributed by atoms with Crippen LogP contribution in [-0.2, 0) is 9.59 Å². The maximum absolute atomic E-state index is 13.7. The van der Waals surface area contributed by atoms with Crippen LogP contribution in [0, 0.1) is 17.3 Å². The van der Waals surface area contributed by atoms with Crippen LogP contribution in [0.2, 0.25) is 0 Å². The number of carbonyl (C=O) groups is 2. The first-order valence-corrected chi connectivity index (χ1v) is 16.3. The Morgan fingerprint density at radius 1 is 1.06 bits per heavy atom. The third-order valence-corrected chi connectivity index (χ3v) is 10.1. The average molecular weight is 666 g/mol. The van der Waals surface area contributed by atoms with Gasteiger partial charge in [-0.3, -0.25) is 9.59 Å². The number of alkyl halides is 6. The molecule has 2 heterocycles. The molecule has 2 saturated heterocycles. The third kappa shape index (κ3) is 9.39. The lowest BCUT2D eigenvalue weighted by Gasteiger charge is -2.41. The molecule has 2 unspecified atom stereocenters. The van der Waals surface area contributed by atoms with Gasteiger partial charge in [0.25, 0.3) is 0 Å². The molecule has 4 aliphatic rings. The highest BCUT2D eigenvalue weighted by Gasteiger charge is 2.40. The monoisotopic (exact) mass is 665 g/mol. The van der Waals surface area contributed by atoms with Crippen molar-refractivity contribution in [2.24, 2.45) is 17.3 Å². The minimum atomic E-state index is -4.83. The lowest BCUT2D eigenvalue weighted by atomic mass is 9.74. The number of amides is 2. The van der Waals surface area contributed by atoms with E-state index in [1.165, 1.54) is 18.1 Å². The summed E-state index contributed by atoms with van der Waals surface area (Å²) in [7, 11) is 0. The third-order valence-electron chi connectivity index (χ3n) is 10.1. The van der Waals surface area contributed by atoms with Crippen LogP contribution in [0.1, 0.15) is 59.3 Å². The number of nitrogens with zero attached hydrogens (tertiary/aromatic N) is 2. The normalized spacial score (nSPS) is 23.3. The highest BCUT2D eigenvalue weighted by molar-refractivity contribution is 5.79. The van der Waals surface area contributed by atoms with E-state index < -0.39 is 48.3 Å². The van der Waals surface area contributed by atoms with Gasteiger partial charge in [0.2, 0.25) is 11.8 Å². The van der Waals surface area contributed by atoms with Crippen molar-refractivity contribution in [2.75, 3.05) is 39.3 Å². The molecule has 0 aromatic carbocycles. The van der Waals surface area contributed by atoms with Crippen LogP contribution < -0.4 is 5.32 Å². The van der Waals surface area contributed by atoms with E-state index >= 15 is 0 Å². The Balaban J connectivity index is 1.45. The van der Waals surface area contributed by atoms with E-state index in [0.29, 0.717) is 57.1 Å². The van der Waals surface area contributed by atoms with Gasteiger partial charge in [-0.25, -0.2) is 0 Å². The number of allylic oxidation sites excluding steroid dienone is 12. The van der Waals surface area contributed by atoms with E-state index in [9.17, 15) is 35.9 Å². The van der Waals surface area contributed by atoms with Gasteiger partial charge in [-0.05, 0) is 101 Å². The molecule has 47 heavy (non-hydrogen) atoms. The van der Waals surface area contributed by atoms with Gasteiger partial charge in [-0.15, -0.1) is 0 Å². The number of piperidine rings is 2.